The van der Waals surface area contributed by atoms with E-state index in [-0.39, 0.29) is 5.91 Å². The first-order valence-electron chi connectivity index (χ1n) is 6.15. The number of hydrogen-bond acceptors (Lipinski definition) is 6. The average Bonchev–Trinajstić information content (AvgIpc) is 2.93. The maximum Gasteiger partial charge on any atom is 0.250 e. The maximum absolute atomic E-state index is 11.8. The van der Waals surface area contributed by atoms with Crippen molar-refractivity contribution >= 4 is 28.5 Å². The van der Waals surface area contributed by atoms with Crippen LogP contribution in [0.15, 0.2) is 30.3 Å². The first-order valence-corrected chi connectivity index (χ1v) is 6.97. The highest BCUT2D eigenvalue weighted by atomic mass is 32.1. The highest BCUT2D eigenvalue weighted by molar-refractivity contribution is 7.15. The number of ether oxygens (including phenoxy) is 2. The van der Waals surface area contributed by atoms with E-state index < -0.39 is 0 Å². The van der Waals surface area contributed by atoms with E-state index in [2.05, 4.69) is 15.5 Å². The zero-order valence-corrected chi connectivity index (χ0v) is 12.5. The monoisotopic (exact) mass is 305 g/mol. The second-order valence-electron chi connectivity index (χ2n) is 4.03. The van der Waals surface area contributed by atoms with E-state index in [1.165, 1.54) is 17.4 Å². The molecule has 0 aliphatic rings. The lowest BCUT2D eigenvalue weighted by molar-refractivity contribution is -0.111. The van der Waals surface area contributed by atoms with Crippen molar-refractivity contribution in [2.75, 3.05) is 19.5 Å². The smallest absolute Gasteiger partial charge is 0.250 e. The summed E-state index contributed by atoms with van der Waals surface area (Å²) < 4.78 is 10.0. The molecule has 110 valence electrons. The Kier molecular flexibility index (Phi) is 5.42. The molecule has 0 aliphatic carbocycles. The number of carbonyl (C=O) groups excluding carboxylic acids is 1. The van der Waals surface area contributed by atoms with Crippen molar-refractivity contribution in [3.8, 4) is 5.75 Å². The highest BCUT2D eigenvalue weighted by Gasteiger charge is 2.05. The third kappa shape index (κ3) is 4.66. The average molecular weight is 305 g/mol. The van der Waals surface area contributed by atoms with Gasteiger partial charge < -0.3 is 9.47 Å². The standard InChI is InChI=1S/C14H15N3O3S/c1-19-9-13-16-17-14(21-13)15-12(18)8-5-10-3-6-11(20-2)7-4-10/h3-8H,9H2,1-2H3,(H,15,17,18). The largest absolute Gasteiger partial charge is 0.497 e. The number of hydrogen-bond donors (Lipinski definition) is 1. The molecule has 0 saturated heterocycles. The minimum atomic E-state index is -0.258. The number of carbonyl (C=O) groups is 1. The van der Waals surface area contributed by atoms with Gasteiger partial charge in [0.1, 0.15) is 17.4 Å². The van der Waals surface area contributed by atoms with E-state index in [9.17, 15) is 4.79 Å². The molecule has 2 aromatic rings. The molecule has 0 radical (unpaired) electrons. The van der Waals surface area contributed by atoms with Gasteiger partial charge in [0, 0.05) is 13.2 Å². The van der Waals surface area contributed by atoms with Gasteiger partial charge in [-0.25, -0.2) is 0 Å². The van der Waals surface area contributed by atoms with Crippen LogP contribution in [0.1, 0.15) is 10.6 Å². The zero-order valence-electron chi connectivity index (χ0n) is 11.7. The Bertz CT molecular complexity index is 623. The first-order chi connectivity index (χ1) is 10.2. The summed E-state index contributed by atoms with van der Waals surface area (Å²) in [5.74, 6) is 0.516. The normalized spacial score (nSPS) is 10.8. The third-order valence-electron chi connectivity index (χ3n) is 2.51. The van der Waals surface area contributed by atoms with Crippen molar-refractivity contribution < 1.29 is 14.3 Å². The minimum Gasteiger partial charge on any atom is -0.497 e. The molecule has 21 heavy (non-hydrogen) atoms. The summed E-state index contributed by atoms with van der Waals surface area (Å²) >= 11 is 1.28. The van der Waals surface area contributed by atoms with Crippen LogP contribution in [-0.4, -0.2) is 30.3 Å². The van der Waals surface area contributed by atoms with Crippen molar-refractivity contribution in [2.45, 2.75) is 6.61 Å². The van der Waals surface area contributed by atoms with Crippen LogP contribution in [-0.2, 0) is 16.1 Å². The van der Waals surface area contributed by atoms with Gasteiger partial charge in [0.15, 0.2) is 0 Å². The number of nitrogens with one attached hydrogen (secondary N) is 1. The van der Waals surface area contributed by atoms with Crippen LogP contribution in [0.5, 0.6) is 5.75 Å². The van der Waals surface area contributed by atoms with E-state index in [0.717, 1.165) is 11.3 Å². The summed E-state index contributed by atoms with van der Waals surface area (Å²) in [4.78, 5) is 11.8. The molecule has 1 N–H and O–H groups in total. The lowest BCUT2D eigenvalue weighted by Crippen LogP contribution is -2.07. The van der Waals surface area contributed by atoms with Crippen LogP contribution in [0.3, 0.4) is 0 Å². The van der Waals surface area contributed by atoms with Gasteiger partial charge in [-0.15, -0.1) is 10.2 Å². The number of nitrogens with zero attached hydrogens (tertiary/aromatic N) is 2. The van der Waals surface area contributed by atoms with Crippen molar-refractivity contribution in [3.05, 3.63) is 40.9 Å². The number of methoxy groups -OCH3 is 2. The molecule has 7 heteroatoms. The van der Waals surface area contributed by atoms with Crippen molar-refractivity contribution in [1.82, 2.24) is 10.2 Å². The predicted molar refractivity (Wildman–Crippen MR) is 81.3 cm³/mol. The fraction of sp³-hybridized carbons (Fsp3) is 0.214. The summed E-state index contributed by atoms with van der Waals surface area (Å²) in [7, 11) is 3.19. The predicted octanol–water partition coefficient (Wildman–Crippen LogP) is 2.35. The molecule has 1 aromatic carbocycles. The molecular formula is C14H15N3O3S. The molecular weight excluding hydrogens is 290 g/mol. The SMILES string of the molecule is COCc1nnc(NC(=O)C=Cc2ccc(OC)cc2)s1. The Morgan fingerprint density at radius 2 is 2.05 bits per heavy atom. The van der Waals surface area contributed by atoms with Crippen LogP contribution >= 0.6 is 11.3 Å². The second-order valence-corrected chi connectivity index (χ2v) is 5.09. The molecule has 0 spiro atoms. The van der Waals surface area contributed by atoms with Crippen molar-refractivity contribution in [1.29, 1.82) is 0 Å². The number of amides is 1. The summed E-state index contributed by atoms with van der Waals surface area (Å²) in [6.45, 7) is 0.384. The van der Waals surface area contributed by atoms with Gasteiger partial charge in [0.05, 0.1) is 7.11 Å². The quantitative estimate of drug-likeness (QED) is 0.829. The Labute approximate surface area is 126 Å². The van der Waals surface area contributed by atoms with Crippen LogP contribution in [0, 0.1) is 0 Å². The lowest BCUT2D eigenvalue weighted by atomic mass is 10.2. The van der Waals surface area contributed by atoms with Crippen LogP contribution in [0.2, 0.25) is 0 Å². The van der Waals surface area contributed by atoms with Gasteiger partial charge in [-0.2, -0.15) is 0 Å². The molecule has 0 fully saturated rings. The molecule has 0 bridgehead atoms. The lowest BCUT2D eigenvalue weighted by Gasteiger charge is -1.99. The van der Waals surface area contributed by atoms with E-state index >= 15 is 0 Å². The molecule has 6 nitrogen and oxygen atoms in total. The second kappa shape index (κ2) is 7.51. The molecule has 1 amide bonds. The van der Waals surface area contributed by atoms with Crippen molar-refractivity contribution in [3.63, 3.8) is 0 Å². The fourth-order valence-corrected chi connectivity index (χ4v) is 2.23. The number of aromatic nitrogens is 2. The van der Waals surface area contributed by atoms with Gasteiger partial charge in [-0.05, 0) is 23.8 Å². The summed E-state index contributed by atoms with van der Waals surface area (Å²) in [5, 5.41) is 11.6. The van der Waals surface area contributed by atoms with Crippen LogP contribution in [0.25, 0.3) is 6.08 Å². The fourth-order valence-electron chi connectivity index (χ4n) is 1.52. The molecule has 2 rings (SSSR count). The van der Waals surface area contributed by atoms with Gasteiger partial charge in [0.2, 0.25) is 11.0 Å². The number of anilines is 1. The van der Waals surface area contributed by atoms with Gasteiger partial charge in [-0.3, -0.25) is 10.1 Å². The Morgan fingerprint density at radius 3 is 2.71 bits per heavy atom. The molecule has 0 atom stereocenters. The van der Waals surface area contributed by atoms with E-state index in [1.54, 1.807) is 20.3 Å². The summed E-state index contributed by atoms with van der Waals surface area (Å²) in [6.07, 6.45) is 3.16. The molecule has 1 aromatic heterocycles. The molecule has 0 unspecified atom stereocenters. The Morgan fingerprint density at radius 1 is 1.29 bits per heavy atom. The first kappa shape index (κ1) is 15.1. The molecule has 0 saturated carbocycles. The third-order valence-corrected chi connectivity index (χ3v) is 3.32. The Balaban J connectivity index is 1.91. The van der Waals surface area contributed by atoms with Crippen LogP contribution in [0.4, 0.5) is 5.13 Å². The number of benzene rings is 1. The van der Waals surface area contributed by atoms with Crippen LogP contribution < -0.4 is 10.1 Å². The van der Waals surface area contributed by atoms with E-state index in [1.807, 2.05) is 24.3 Å². The van der Waals surface area contributed by atoms with Gasteiger partial charge in [-0.1, -0.05) is 23.5 Å². The van der Waals surface area contributed by atoms with E-state index in [4.69, 9.17) is 9.47 Å². The van der Waals surface area contributed by atoms with E-state index in [0.29, 0.717) is 16.7 Å². The minimum absolute atomic E-state index is 0.258. The Hall–Kier alpha value is -2.25. The zero-order chi connectivity index (χ0) is 15.1. The number of rotatable bonds is 6. The highest BCUT2D eigenvalue weighted by Crippen LogP contribution is 2.16. The summed E-state index contributed by atoms with van der Waals surface area (Å²) in [5.41, 5.74) is 0.906. The van der Waals surface area contributed by atoms with Gasteiger partial charge >= 0.3 is 0 Å². The van der Waals surface area contributed by atoms with Crippen molar-refractivity contribution in [2.24, 2.45) is 0 Å². The van der Waals surface area contributed by atoms with Gasteiger partial charge in [0.25, 0.3) is 0 Å². The summed E-state index contributed by atoms with van der Waals surface area (Å²) in [6, 6.07) is 7.40. The topological polar surface area (TPSA) is 73.3 Å². The maximum atomic E-state index is 11.8. The molecule has 1 heterocycles. The molecule has 0 aliphatic heterocycles.